The number of benzene rings is 2. The summed E-state index contributed by atoms with van der Waals surface area (Å²) >= 11 is 0. The highest BCUT2D eigenvalue weighted by molar-refractivity contribution is 5.91. The molecule has 2 fully saturated rings. The number of aryl methyl sites for hydroxylation is 1. The van der Waals surface area contributed by atoms with Crippen molar-refractivity contribution in [3.8, 4) is 0 Å². The third-order valence-electron chi connectivity index (χ3n) is 7.07. The van der Waals surface area contributed by atoms with Gasteiger partial charge in [-0.2, -0.15) is 0 Å². The Morgan fingerprint density at radius 3 is 2.32 bits per heavy atom. The van der Waals surface area contributed by atoms with Crippen molar-refractivity contribution in [2.75, 3.05) is 40.3 Å². The maximum absolute atomic E-state index is 13.6. The Kier molecular flexibility index (Phi) is 9.14. The lowest BCUT2D eigenvalue weighted by Crippen LogP contribution is -2.76. The first-order valence-corrected chi connectivity index (χ1v) is 13.1. The van der Waals surface area contributed by atoms with Crippen molar-refractivity contribution in [3.63, 3.8) is 0 Å². The summed E-state index contributed by atoms with van der Waals surface area (Å²) in [7, 11) is 3.63. The molecule has 2 aliphatic rings. The van der Waals surface area contributed by atoms with Gasteiger partial charge in [-0.05, 0) is 50.4 Å². The van der Waals surface area contributed by atoms with E-state index in [0.717, 1.165) is 31.4 Å². The third-order valence-corrected chi connectivity index (χ3v) is 7.07. The maximum Gasteiger partial charge on any atom is 0.334 e. The van der Waals surface area contributed by atoms with Gasteiger partial charge in [0.15, 0.2) is 0 Å². The smallest absolute Gasteiger partial charge is 0.334 e. The van der Waals surface area contributed by atoms with Crippen molar-refractivity contribution in [3.05, 3.63) is 71.8 Å². The van der Waals surface area contributed by atoms with Crippen LogP contribution in [0.5, 0.6) is 0 Å². The Balaban J connectivity index is 1.51. The molecule has 4 rings (SSSR count). The molecule has 37 heavy (non-hydrogen) atoms. The lowest BCUT2D eigenvalue weighted by Gasteiger charge is -2.54. The summed E-state index contributed by atoms with van der Waals surface area (Å²) < 4.78 is 0. The molecule has 2 aromatic carbocycles. The highest BCUT2D eigenvalue weighted by Crippen LogP contribution is 2.28. The predicted octanol–water partition coefficient (Wildman–Crippen LogP) is 2.06. The number of hydrogen-bond acceptors (Lipinski definition) is 5. The van der Waals surface area contributed by atoms with Gasteiger partial charge >= 0.3 is 6.03 Å². The minimum atomic E-state index is -0.575. The molecule has 2 atom stereocenters. The fourth-order valence-electron chi connectivity index (χ4n) is 5.23. The average molecular weight is 507 g/mol. The topological polar surface area (TPSA) is 88.2 Å². The van der Waals surface area contributed by atoms with Gasteiger partial charge in [0.25, 0.3) is 0 Å². The van der Waals surface area contributed by atoms with Crippen LogP contribution in [0.15, 0.2) is 60.7 Å². The molecule has 2 saturated heterocycles. The van der Waals surface area contributed by atoms with Gasteiger partial charge in [-0.1, -0.05) is 60.7 Å². The van der Waals surface area contributed by atoms with Crippen LogP contribution in [0.25, 0.3) is 0 Å². The standard InChI is InChI=1S/C28H38N6O3/c1-29-17-9-16-24-27(36)32(18-10-15-22-11-5-3-6-12-22)20-25-33(24)26(35)21-31(2)34(25)28(37)30-19-23-13-7-4-8-14-23/h3-8,11-14,24-25,29H,9-10,15-21H2,1-2H3,(H,30,37)/t24-,25?/m0/s1. The summed E-state index contributed by atoms with van der Waals surface area (Å²) in [5, 5.41) is 9.41. The molecule has 0 radical (unpaired) electrons. The molecule has 1 unspecified atom stereocenters. The Morgan fingerprint density at radius 1 is 0.973 bits per heavy atom. The first kappa shape index (κ1) is 26.6. The van der Waals surface area contributed by atoms with Crippen LogP contribution in [-0.4, -0.2) is 90.1 Å². The summed E-state index contributed by atoms with van der Waals surface area (Å²) in [6.45, 7) is 2.07. The molecule has 9 nitrogen and oxygen atoms in total. The molecule has 2 N–H and O–H groups in total. The minimum absolute atomic E-state index is 0.0250. The fourth-order valence-corrected chi connectivity index (χ4v) is 5.23. The van der Waals surface area contributed by atoms with Crippen molar-refractivity contribution < 1.29 is 14.4 Å². The number of likely N-dealkylation sites (N-methyl/N-ethyl adjacent to an activating group) is 1. The molecule has 2 heterocycles. The molecule has 0 bridgehead atoms. The molecule has 9 heteroatoms. The summed E-state index contributed by atoms with van der Waals surface area (Å²) in [5.41, 5.74) is 2.23. The number of nitrogens with zero attached hydrogens (tertiary/aromatic N) is 4. The zero-order valence-electron chi connectivity index (χ0n) is 21.8. The minimum Gasteiger partial charge on any atom is -0.337 e. The van der Waals surface area contributed by atoms with Crippen LogP contribution < -0.4 is 10.6 Å². The summed E-state index contributed by atoms with van der Waals surface area (Å²) in [6.07, 6.45) is 2.45. The van der Waals surface area contributed by atoms with Crippen LogP contribution in [0.1, 0.15) is 30.4 Å². The number of nitrogens with one attached hydrogen (secondary N) is 2. The summed E-state index contributed by atoms with van der Waals surface area (Å²) in [5.74, 6) is -0.144. The van der Waals surface area contributed by atoms with Crippen LogP contribution in [0.2, 0.25) is 0 Å². The molecule has 4 amide bonds. The Hall–Kier alpha value is -3.43. The van der Waals surface area contributed by atoms with E-state index in [1.165, 1.54) is 5.56 Å². The van der Waals surface area contributed by atoms with Crippen LogP contribution in [0.3, 0.4) is 0 Å². The predicted molar refractivity (Wildman–Crippen MR) is 142 cm³/mol. The number of rotatable bonds is 10. The van der Waals surface area contributed by atoms with Crippen molar-refractivity contribution in [1.29, 1.82) is 0 Å². The fraction of sp³-hybridized carbons (Fsp3) is 0.464. The molecule has 0 aliphatic carbocycles. The first-order valence-electron chi connectivity index (χ1n) is 13.1. The zero-order valence-corrected chi connectivity index (χ0v) is 21.8. The first-order chi connectivity index (χ1) is 18.0. The Labute approximate surface area is 219 Å². The normalized spacial score (nSPS) is 20.2. The van der Waals surface area contributed by atoms with Crippen molar-refractivity contribution >= 4 is 17.8 Å². The number of hydrogen-bond donors (Lipinski definition) is 2. The van der Waals surface area contributed by atoms with E-state index in [1.807, 2.05) is 60.5 Å². The third kappa shape index (κ3) is 6.47. The lowest BCUT2D eigenvalue weighted by atomic mass is 10.0. The van der Waals surface area contributed by atoms with E-state index in [0.29, 0.717) is 26.1 Å². The quantitative estimate of drug-likeness (QED) is 0.482. The second-order valence-electron chi connectivity index (χ2n) is 9.72. The van der Waals surface area contributed by atoms with Crippen molar-refractivity contribution in [2.45, 2.75) is 44.4 Å². The monoisotopic (exact) mass is 506 g/mol. The van der Waals surface area contributed by atoms with Crippen molar-refractivity contribution in [1.82, 2.24) is 30.5 Å². The van der Waals surface area contributed by atoms with Crippen LogP contribution >= 0.6 is 0 Å². The molecule has 2 aromatic rings. The van der Waals surface area contributed by atoms with Crippen LogP contribution in [0.4, 0.5) is 4.79 Å². The molecular formula is C28H38N6O3. The van der Waals surface area contributed by atoms with E-state index in [2.05, 4.69) is 22.8 Å². The van der Waals surface area contributed by atoms with Gasteiger partial charge in [0, 0.05) is 20.1 Å². The van der Waals surface area contributed by atoms with Gasteiger partial charge in [-0.3, -0.25) is 9.59 Å². The van der Waals surface area contributed by atoms with E-state index in [-0.39, 0.29) is 24.4 Å². The lowest BCUT2D eigenvalue weighted by molar-refractivity contribution is -0.187. The maximum atomic E-state index is 13.6. The molecule has 0 spiro atoms. The van der Waals surface area contributed by atoms with E-state index in [9.17, 15) is 14.4 Å². The molecule has 0 aromatic heterocycles. The molecule has 0 saturated carbocycles. The SMILES string of the molecule is CNCCC[C@H]1C(=O)N(CCCc2ccccc2)CC2N1C(=O)CN(C)N2C(=O)NCc1ccccc1. The van der Waals surface area contributed by atoms with Gasteiger partial charge in [-0.25, -0.2) is 14.8 Å². The second-order valence-corrected chi connectivity index (χ2v) is 9.72. The van der Waals surface area contributed by atoms with E-state index >= 15 is 0 Å². The highest BCUT2D eigenvalue weighted by Gasteiger charge is 2.50. The zero-order chi connectivity index (χ0) is 26.2. The number of urea groups is 1. The van der Waals surface area contributed by atoms with E-state index < -0.39 is 12.2 Å². The summed E-state index contributed by atoms with van der Waals surface area (Å²) in [6, 6.07) is 19.1. The summed E-state index contributed by atoms with van der Waals surface area (Å²) in [4.78, 5) is 43.8. The Bertz CT molecular complexity index is 1050. The van der Waals surface area contributed by atoms with Gasteiger partial charge < -0.3 is 20.4 Å². The van der Waals surface area contributed by atoms with E-state index in [1.54, 1.807) is 22.0 Å². The molecular weight excluding hydrogens is 468 g/mol. The number of amides is 4. The molecule has 198 valence electrons. The van der Waals surface area contributed by atoms with Gasteiger partial charge in [0.1, 0.15) is 12.2 Å². The second kappa shape index (κ2) is 12.7. The van der Waals surface area contributed by atoms with Crippen molar-refractivity contribution in [2.24, 2.45) is 0 Å². The number of hydrazine groups is 1. The largest absolute Gasteiger partial charge is 0.337 e. The van der Waals surface area contributed by atoms with Gasteiger partial charge in [0.2, 0.25) is 11.8 Å². The average Bonchev–Trinajstić information content (AvgIpc) is 2.90. The van der Waals surface area contributed by atoms with Crippen LogP contribution in [-0.2, 0) is 22.6 Å². The highest BCUT2D eigenvalue weighted by atomic mass is 16.2. The Morgan fingerprint density at radius 2 is 1.65 bits per heavy atom. The number of fused-ring (bicyclic) bond motifs is 1. The van der Waals surface area contributed by atoms with E-state index in [4.69, 9.17) is 0 Å². The van der Waals surface area contributed by atoms with Gasteiger partial charge in [-0.15, -0.1) is 0 Å². The number of carbonyl (C=O) groups is 3. The molecule has 2 aliphatic heterocycles. The number of piperazine rings is 1. The van der Waals surface area contributed by atoms with Crippen LogP contribution in [0, 0.1) is 0 Å². The number of carbonyl (C=O) groups excluding carboxylic acids is 3. The van der Waals surface area contributed by atoms with Gasteiger partial charge in [0.05, 0.1) is 13.1 Å².